The molecule has 1 aromatic rings. The number of carbonyl (C=O) groups excluding carboxylic acids is 1. The zero-order valence-corrected chi connectivity index (χ0v) is 11.0. The number of carbonyl (C=O) groups is 1. The SMILES string of the molecule is CCCN(C)[C@@H]1COc2ccc(C(N)=O)cc2C1. The summed E-state index contributed by atoms with van der Waals surface area (Å²) in [5, 5.41) is 0. The Morgan fingerprint density at radius 1 is 1.56 bits per heavy atom. The average molecular weight is 248 g/mol. The highest BCUT2D eigenvalue weighted by atomic mass is 16.5. The van der Waals surface area contributed by atoms with Gasteiger partial charge in [-0.1, -0.05) is 6.92 Å². The number of likely N-dealkylation sites (N-methyl/N-ethyl adjacent to an activating group) is 1. The third-order valence-electron chi connectivity index (χ3n) is 3.43. The van der Waals surface area contributed by atoms with Gasteiger partial charge in [0.2, 0.25) is 5.91 Å². The lowest BCUT2D eigenvalue weighted by atomic mass is 9.99. The number of fused-ring (bicyclic) bond motifs is 1. The van der Waals surface area contributed by atoms with Crippen LogP contribution in [0.25, 0.3) is 0 Å². The topological polar surface area (TPSA) is 55.6 Å². The van der Waals surface area contributed by atoms with Crippen LogP contribution in [0.15, 0.2) is 18.2 Å². The molecular formula is C14H20N2O2. The van der Waals surface area contributed by atoms with E-state index in [1.54, 1.807) is 6.07 Å². The fourth-order valence-electron chi connectivity index (χ4n) is 2.35. The molecule has 1 heterocycles. The van der Waals surface area contributed by atoms with Gasteiger partial charge in [0, 0.05) is 11.6 Å². The smallest absolute Gasteiger partial charge is 0.248 e. The maximum atomic E-state index is 11.2. The van der Waals surface area contributed by atoms with Crippen molar-refractivity contribution in [1.82, 2.24) is 4.90 Å². The Morgan fingerprint density at radius 3 is 3.00 bits per heavy atom. The van der Waals surface area contributed by atoms with Crippen molar-refractivity contribution in [1.29, 1.82) is 0 Å². The Kier molecular flexibility index (Phi) is 3.87. The Balaban J connectivity index is 2.16. The van der Waals surface area contributed by atoms with Crippen LogP contribution in [0.2, 0.25) is 0 Å². The predicted molar refractivity (Wildman–Crippen MR) is 70.9 cm³/mol. The lowest BCUT2D eigenvalue weighted by Crippen LogP contribution is -2.41. The molecule has 0 unspecified atom stereocenters. The van der Waals surface area contributed by atoms with Crippen LogP contribution in [0, 0.1) is 0 Å². The molecule has 0 saturated carbocycles. The van der Waals surface area contributed by atoms with Gasteiger partial charge in [-0.15, -0.1) is 0 Å². The summed E-state index contributed by atoms with van der Waals surface area (Å²) in [5.41, 5.74) is 6.93. The van der Waals surface area contributed by atoms with Crippen LogP contribution in [-0.2, 0) is 6.42 Å². The zero-order chi connectivity index (χ0) is 13.1. The first-order valence-electron chi connectivity index (χ1n) is 6.37. The maximum absolute atomic E-state index is 11.2. The maximum Gasteiger partial charge on any atom is 0.248 e. The zero-order valence-electron chi connectivity index (χ0n) is 11.0. The average Bonchev–Trinajstić information content (AvgIpc) is 2.37. The Labute approximate surface area is 108 Å². The molecule has 1 aromatic carbocycles. The van der Waals surface area contributed by atoms with Crippen molar-refractivity contribution in [2.45, 2.75) is 25.8 Å². The molecule has 0 radical (unpaired) electrons. The number of hydrogen-bond acceptors (Lipinski definition) is 3. The van der Waals surface area contributed by atoms with Gasteiger partial charge in [-0.3, -0.25) is 9.69 Å². The number of hydrogen-bond donors (Lipinski definition) is 1. The summed E-state index contributed by atoms with van der Waals surface area (Å²) in [6.45, 7) is 3.93. The number of amides is 1. The van der Waals surface area contributed by atoms with Gasteiger partial charge < -0.3 is 10.5 Å². The first kappa shape index (κ1) is 12.9. The lowest BCUT2D eigenvalue weighted by molar-refractivity contribution is 0.0999. The van der Waals surface area contributed by atoms with Crippen molar-refractivity contribution < 1.29 is 9.53 Å². The van der Waals surface area contributed by atoms with Crippen LogP contribution >= 0.6 is 0 Å². The van der Waals surface area contributed by atoms with Gasteiger partial charge in [-0.2, -0.15) is 0 Å². The van der Waals surface area contributed by atoms with Gasteiger partial charge in [0.15, 0.2) is 0 Å². The van der Waals surface area contributed by atoms with Crippen molar-refractivity contribution >= 4 is 5.91 Å². The van der Waals surface area contributed by atoms with Crippen molar-refractivity contribution in [2.24, 2.45) is 5.73 Å². The van der Waals surface area contributed by atoms with E-state index in [4.69, 9.17) is 10.5 Å². The molecule has 4 heteroatoms. The van der Waals surface area contributed by atoms with E-state index in [-0.39, 0.29) is 5.91 Å². The van der Waals surface area contributed by atoms with Crippen LogP contribution in [0.5, 0.6) is 5.75 Å². The quantitative estimate of drug-likeness (QED) is 0.877. The van der Waals surface area contributed by atoms with Crippen LogP contribution < -0.4 is 10.5 Å². The largest absolute Gasteiger partial charge is 0.492 e. The second-order valence-corrected chi connectivity index (χ2v) is 4.84. The second-order valence-electron chi connectivity index (χ2n) is 4.84. The van der Waals surface area contributed by atoms with Gasteiger partial charge in [-0.05, 0) is 50.2 Å². The Hall–Kier alpha value is -1.55. The van der Waals surface area contributed by atoms with Crippen LogP contribution in [-0.4, -0.2) is 37.0 Å². The van der Waals surface area contributed by atoms with E-state index in [9.17, 15) is 4.79 Å². The van der Waals surface area contributed by atoms with Crippen LogP contribution in [0.4, 0.5) is 0 Å². The highest BCUT2D eigenvalue weighted by molar-refractivity contribution is 5.93. The molecule has 2 rings (SSSR count). The summed E-state index contributed by atoms with van der Waals surface area (Å²) in [6.07, 6.45) is 2.04. The first-order chi connectivity index (χ1) is 8.61. The predicted octanol–water partition coefficient (Wildman–Crippen LogP) is 1.43. The van der Waals surface area contributed by atoms with E-state index in [0.29, 0.717) is 18.2 Å². The van der Waals surface area contributed by atoms with E-state index in [0.717, 1.165) is 30.7 Å². The second kappa shape index (κ2) is 5.40. The van der Waals surface area contributed by atoms with Gasteiger partial charge in [0.05, 0.1) is 0 Å². The highest BCUT2D eigenvalue weighted by Gasteiger charge is 2.23. The molecule has 0 fully saturated rings. The molecule has 0 saturated heterocycles. The molecule has 18 heavy (non-hydrogen) atoms. The van der Waals surface area contributed by atoms with E-state index in [2.05, 4.69) is 18.9 Å². The summed E-state index contributed by atoms with van der Waals surface area (Å²) in [5.74, 6) is 0.489. The molecule has 2 N–H and O–H groups in total. The van der Waals surface area contributed by atoms with Crippen LogP contribution in [0.3, 0.4) is 0 Å². The minimum Gasteiger partial charge on any atom is -0.492 e. The number of nitrogens with zero attached hydrogens (tertiary/aromatic N) is 1. The molecule has 1 atom stereocenters. The molecule has 1 aliphatic rings. The summed E-state index contributed by atoms with van der Waals surface area (Å²) in [4.78, 5) is 13.5. The van der Waals surface area contributed by atoms with Crippen molar-refractivity contribution in [3.63, 3.8) is 0 Å². The van der Waals surface area contributed by atoms with Gasteiger partial charge in [-0.25, -0.2) is 0 Å². The van der Waals surface area contributed by atoms with E-state index < -0.39 is 0 Å². The highest BCUT2D eigenvalue weighted by Crippen LogP contribution is 2.27. The third kappa shape index (κ3) is 2.64. The minimum atomic E-state index is -0.387. The summed E-state index contributed by atoms with van der Waals surface area (Å²) in [7, 11) is 2.11. The van der Waals surface area contributed by atoms with Crippen molar-refractivity contribution in [2.75, 3.05) is 20.2 Å². The number of ether oxygens (including phenoxy) is 1. The number of primary amides is 1. The Morgan fingerprint density at radius 2 is 2.33 bits per heavy atom. The molecular weight excluding hydrogens is 228 g/mol. The number of rotatable bonds is 4. The summed E-state index contributed by atoms with van der Waals surface area (Å²) in [6, 6.07) is 5.78. The molecule has 0 aliphatic carbocycles. The van der Waals surface area contributed by atoms with E-state index in [1.165, 1.54) is 0 Å². The van der Waals surface area contributed by atoms with E-state index in [1.807, 2.05) is 12.1 Å². The number of benzene rings is 1. The molecule has 98 valence electrons. The first-order valence-corrected chi connectivity index (χ1v) is 6.37. The number of nitrogens with two attached hydrogens (primary N) is 1. The lowest BCUT2D eigenvalue weighted by Gasteiger charge is -2.32. The molecule has 0 bridgehead atoms. The third-order valence-corrected chi connectivity index (χ3v) is 3.43. The van der Waals surface area contributed by atoms with Gasteiger partial charge >= 0.3 is 0 Å². The van der Waals surface area contributed by atoms with Crippen molar-refractivity contribution in [3.8, 4) is 5.75 Å². The summed E-state index contributed by atoms with van der Waals surface area (Å²) >= 11 is 0. The molecule has 4 nitrogen and oxygen atoms in total. The normalized spacial score (nSPS) is 18.3. The summed E-state index contributed by atoms with van der Waals surface area (Å²) < 4.78 is 5.74. The Bertz CT molecular complexity index is 445. The van der Waals surface area contributed by atoms with E-state index >= 15 is 0 Å². The molecule has 1 amide bonds. The molecule has 0 spiro atoms. The molecule has 0 aromatic heterocycles. The molecule has 1 aliphatic heterocycles. The van der Waals surface area contributed by atoms with Crippen LogP contribution in [0.1, 0.15) is 29.3 Å². The monoisotopic (exact) mass is 248 g/mol. The minimum absolute atomic E-state index is 0.376. The fraction of sp³-hybridized carbons (Fsp3) is 0.500. The fourth-order valence-corrected chi connectivity index (χ4v) is 2.35. The van der Waals surface area contributed by atoms with Crippen molar-refractivity contribution in [3.05, 3.63) is 29.3 Å². The van der Waals surface area contributed by atoms with Gasteiger partial charge in [0.1, 0.15) is 12.4 Å². The van der Waals surface area contributed by atoms with Gasteiger partial charge in [0.25, 0.3) is 0 Å². The standard InChI is InChI=1S/C14H20N2O2/c1-3-6-16(2)12-8-11-7-10(14(15)17)4-5-13(11)18-9-12/h4-5,7,12H,3,6,8-9H2,1-2H3,(H2,15,17)/t12-/m0/s1.